The highest BCUT2D eigenvalue weighted by Crippen LogP contribution is 2.31. The molecule has 2 saturated heterocycles. The first-order chi connectivity index (χ1) is 15.1. The largest absolute Gasteiger partial charge is 0.473 e. The highest BCUT2D eigenvalue weighted by atomic mass is 16.5. The molecule has 4 heterocycles. The molecule has 5 rings (SSSR count). The SMILES string of the molecule is C[C@@H](Oc1nc(-c2ccc(N3CCOCC3)cc2)cc2ncn(C)c12)[C@H]1CNC(=O)C1. The number of pyridine rings is 1. The third-order valence-corrected chi connectivity index (χ3v) is 6.17. The van der Waals surface area contributed by atoms with Gasteiger partial charge < -0.3 is 24.3 Å². The lowest BCUT2D eigenvalue weighted by Crippen LogP contribution is -2.36. The lowest BCUT2D eigenvalue weighted by Gasteiger charge is -2.28. The Balaban J connectivity index is 1.44. The number of carbonyl (C=O) groups is 1. The van der Waals surface area contributed by atoms with Crippen molar-refractivity contribution in [2.75, 3.05) is 37.7 Å². The number of amides is 1. The summed E-state index contributed by atoms with van der Waals surface area (Å²) in [5.41, 5.74) is 4.72. The summed E-state index contributed by atoms with van der Waals surface area (Å²) in [5.74, 6) is 0.763. The van der Waals surface area contributed by atoms with Gasteiger partial charge in [0.2, 0.25) is 11.8 Å². The maximum absolute atomic E-state index is 11.6. The Morgan fingerprint density at radius 3 is 2.71 bits per heavy atom. The Hall–Kier alpha value is -3.13. The lowest BCUT2D eigenvalue weighted by atomic mass is 10.0. The van der Waals surface area contributed by atoms with Crippen molar-refractivity contribution >= 4 is 22.6 Å². The zero-order valence-electron chi connectivity index (χ0n) is 17.9. The van der Waals surface area contributed by atoms with Gasteiger partial charge >= 0.3 is 0 Å². The molecule has 2 aliphatic heterocycles. The number of hydrogen-bond acceptors (Lipinski definition) is 6. The summed E-state index contributed by atoms with van der Waals surface area (Å²) in [4.78, 5) is 23.3. The first-order valence-corrected chi connectivity index (χ1v) is 10.8. The van der Waals surface area contributed by atoms with Crippen LogP contribution in [-0.2, 0) is 16.6 Å². The van der Waals surface area contributed by atoms with Crippen molar-refractivity contribution in [2.45, 2.75) is 19.4 Å². The number of nitrogens with one attached hydrogen (secondary N) is 1. The number of carbonyl (C=O) groups excluding carboxylic acids is 1. The van der Waals surface area contributed by atoms with Crippen LogP contribution < -0.4 is 15.0 Å². The fourth-order valence-corrected chi connectivity index (χ4v) is 4.26. The summed E-state index contributed by atoms with van der Waals surface area (Å²) < 4.78 is 13.7. The van der Waals surface area contributed by atoms with Gasteiger partial charge in [0.25, 0.3) is 0 Å². The fraction of sp³-hybridized carbons (Fsp3) is 0.435. The summed E-state index contributed by atoms with van der Waals surface area (Å²) in [7, 11) is 1.94. The Labute approximate surface area is 181 Å². The molecule has 31 heavy (non-hydrogen) atoms. The number of aryl methyl sites for hydroxylation is 1. The van der Waals surface area contributed by atoms with E-state index in [1.165, 1.54) is 5.69 Å². The first kappa shape index (κ1) is 19.8. The minimum absolute atomic E-state index is 0.0770. The molecule has 2 fully saturated rings. The predicted molar refractivity (Wildman–Crippen MR) is 118 cm³/mol. The van der Waals surface area contributed by atoms with Gasteiger partial charge in [0.1, 0.15) is 11.6 Å². The number of aromatic nitrogens is 3. The molecule has 1 aromatic carbocycles. The van der Waals surface area contributed by atoms with E-state index in [1.54, 1.807) is 6.33 Å². The molecule has 0 unspecified atom stereocenters. The van der Waals surface area contributed by atoms with Crippen LogP contribution in [0.5, 0.6) is 5.88 Å². The molecule has 8 heteroatoms. The highest BCUT2D eigenvalue weighted by molar-refractivity contribution is 5.84. The number of ether oxygens (including phenoxy) is 2. The van der Waals surface area contributed by atoms with Crippen LogP contribution in [0.4, 0.5) is 5.69 Å². The van der Waals surface area contributed by atoms with Gasteiger partial charge in [0, 0.05) is 50.3 Å². The van der Waals surface area contributed by atoms with Gasteiger partial charge in [0.05, 0.1) is 30.8 Å². The highest BCUT2D eigenvalue weighted by Gasteiger charge is 2.29. The van der Waals surface area contributed by atoms with Crippen LogP contribution in [0.15, 0.2) is 36.7 Å². The van der Waals surface area contributed by atoms with Gasteiger partial charge in [-0.15, -0.1) is 0 Å². The smallest absolute Gasteiger partial charge is 0.241 e. The summed E-state index contributed by atoms with van der Waals surface area (Å²) >= 11 is 0. The van der Waals surface area contributed by atoms with E-state index in [1.807, 2.05) is 24.6 Å². The molecule has 0 bridgehead atoms. The number of anilines is 1. The summed E-state index contributed by atoms with van der Waals surface area (Å²) in [6.07, 6.45) is 2.12. The zero-order valence-corrected chi connectivity index (χ0v) is 17.9. The molecule has 2 aromatic heterocycles. The molecule has 3 aromatic rings. The molecule has 1 N–H and O–H groups in total. The summed E-state index contributed by atoms with van der Waals surface area (Å²) in [6, 6.07) is 10.4. The molecule has 1 amide bonds. The van der Waals surface area contributed by atoms with E-state index in [0.717, 1.165) is 48.6 Å². The molecule has 8 nitrogen and oxygen atoms in total. The topological polar surface area (TPSA) is 81.5 Å². The standard InChI is InChI=1S/C23H27N5O3/c1-15(17-11-21(29)24-13-17)31-23-22-20(25-14-27(22)2)12-19(26-23)16-3-5-18(6-4-16)28-7-9-30-10-8-28/h3-6,12,14-15,17H,7-11,13H2,1-2H3,(H,24,29)/t15-,17-/m1/s1. The minimum atomic E-state index is -0.136. The third-order valence-electron chi connectivity index (χ3n) is 6.17. The average Bonchev–Trinajstić information content (AvgIpc) is 3.40. The van der Waals surface area contributed by atoms with Crippen molar-refractivity contribution in [2.24, 2.45) is 13.0 Å². The number of imidazole rings is 1. The van der Waals surface area contributed by atoms with E-state index in [-0.39, 0.29) is 17.9 Å². The number of rotatable bonds is 5. The molecule has 2 aliphatic rings. The molecular weight excluding hydrogens is 394 g/mol. The van der Waals surface area contributed by atoms with Gasteiger partial charge in [-0.05, 0) is 25.1 Å². The van der Waals surface area contributed by atoms with Gasteiger partial charge in [0.15, 0.2) is 0 Å². The Kier molecular flexibility index (Phi) is 5.23. The zero-order chi connectivity index (χ0) is 21.4. The maximum Gasteiger partial charge on any atom is 0.241 e. The van der Waals surface area contributed by atoms with Gasteiger partial charge in [-0.3, -0.25) is 4.79 Å². The van der Waals surface area contributed by atoms with E-state index < -0.39 is 0 Å². The van der Waals surface area contributed by atoms with E-state index in [2.05, 4.69) is 39.5 Å². The van der Waals surface area contributed by atoms with Crippen LogP contribution >= 0.6 is 0 Å². The Bertz CT molecular complexity index is 1090. The molecule has 0 aliphatic carbocycles. The molecular formula is C23H27N5O3. The molecule has 2 atom stereocenters. The maximum atomic E-state index is 11.6. The van der Waals surface area contributed by atoms with E-state index in [0.29, 0.717) is 18.8 Å². The number of morpholine rings is 1. The van der Waals surface area contributed by atoms with Crippen LogP contribution in [0.2, 0.25) is 0 Å². The molecule has 0 saturated carbocycles. The van der Waals surface area contributed by atoms with Crippen molar-refractivity contribution in [1.29, 1.82) is 0 Å². The van der Waals surface area contributed by atoms with Gasteiger partial charge in [-0.2, -0.15) is 0 Å². The normalized spacial score (nSPS) is 20.1. The van der Waals surface area contributed by atoms with Crippen LogP contribution in [0.3, 0.4) is 0 Å². The Morgan fingerprint density at radius 1 is 1.23 bits per heavy atom. The average molecular weight is 422 g/mol. The monoisotopic (exact) mass is 421 g/mol. The quantitative estimate of drug-likeness (QED) is 0.681. The summed E-state index contributed by atoms with van der Waals surface area (Å²) in [6.45, 7) is 5.98. The van der Waals surface area contributed by atoms with Crippen molar-refractivity contribution in [3.05, 3.63) is 36.7 Å². The Morgan fingerprint density at radius 2 is 2.00 bits per heavy atom. The second-order valence-electron chi connectivity index (χ2n) is 8.27. The molecule has 162 valence electrons. The van der Waals surface area contributed by atoms with Crippen LogP contribution in [-0.4, -0.2) is 59.4 Å². The first-order valence-electron chi connectivity index (χ1n) is 10.8. The van der Waals surface area contributed by atoms with Crippen molar-refractivity contribution in [3.8, 4) is 17.1 Å². The number of benzene rings is 1. The second-order valence-corrected chi connectivity index (χ2v) is 8.27. The van der Waals surface area contributed by atoms with Crippen molar-refractivity contribution in [3.63, 3.8) is 0 Å². The molecule has 0 spiro atoms. The number of nitrogens with zero attached hydrogens (tertiary/aromatic N) is 4. The minimum Gasteiger partial charge on any atom is -0.473 e. The van der Waals surface area contributed by atoms with Crippen molar-refractivity contribution < 1.29 is 14.3 Å². The van der Waals surface area contributed by atoms with Crippen molar-refractivity contribution in [1.82, 2.24) is 19.9 Å². The third kappa shape index (κ3) is 3.95. The number of fused-ring (bicyclic) bond motifs is 1. The van der Waals surface area contributed by atoms with Crippen LogP contribution in [0, 0.1) is 5.92 Å². The van der Waals surface area contributed by atoms with E-state index in [9.17, 15) is 4.79 Å². The predicted octanol–water partition coefficient (Wildman–Crippen LogP) is 2.38. The van der Waals surface area contributed by atoms with Gasteiger partial charge in [-0.1, -0.05) is 12.1 Å². The lowest BCUT2D eigenvalue weighted by molar-refractivity contribution is -0.119. The fourth-order valence-electron chi connectivity index (χ4n) is 4.26. The number of hydrogen-bond donors (Lipinski definition) is 1. The van der Waals surface area contributed by atoms with Crippen LogP contribution in [0.25, 0.3) is 22.3 Å². The molecule has 0 radical (unpaired) electrons. The summed E-state index contributed by atoms with van der Waals surface area (Å²) in [5, 5.41) is 2.88. The van der Waals surface area contributed by atoms with E-state index >= 15 is 0 Å². The van der Waals surface area contributed by atoms with Crippen LogP contribution in [0.1, 0.15) is 13.3 Å². The van der Waals surface area contributed by atoms with Gasteiger partial charge in [-0.25, -0.2) is 9.97 Å². The second kappa shape index (κ2) is 8.19. The van der Waals surface area contributed by atoms with E-state index in [4.69, 9.17) is 14.5 Å².